The van der Waals surface area contributed by atoms with E-state index in [1.165, 1.54) is 49.3 Å². The second-order valence-corrected chi connectivity index (χ2v) is 7.87. The lowest BCUT2D eigenvalue weighted by Crippen LogP contribution is -2.29. The Morgan fingerprint density at radius 2 is 2.04 bits per heavy atom. The van der Waals surface area contributed by atoms with E-state index in [2.05, 4.69) is 40.1 Å². The van der Waals surface area contributed by atoms with Gasteiger partial charge in [0.2, 0.25) is 0 Å². The number of aromatic nitrogens is 3. The number of imidazole rings is 1. The van der Waals surface area contributed by atoms with Gasteiger partial charge in [0.05, 0.1) is 12.0 Å². The van der Waals surface area contributed by atoms with Crippen LogP contribution in [0, 0.1) is 24.7 Å². The van der Waals surface area contributed by atoms with Gasteiger partial charge in [0.1, 0.15) is 0 Å². The standard InChI is InChI=1S/C20H28N4/c1-15-6-7-18(21-9-15)8-16-4-3-5-17-10-24(13-20(16)17)12-19-11-23(2)14-22-19/h6-7,9,11,14,16-17,20H,3-5,8,10,12-13H2,1-2H3/t16-,17-,20-/m1/s1. The van der Waals surface area contributed by atoms with E-state index in [-0.39, 0.29) is 0 Å². The number of hydrogen-bond donors (Lipinski definition) is 0. The van der Waals surface area contributed by atoms with Gasteiger partial charge in [-0.2, -0.15) is 0 Å². The summed E-state index contributed by atoms with van der Waals surface area (Å²) in [4.78, 5) is 11.8. The van der Waals surface area contributed by atoms with Gasteiger partial charge >= 0.3 is 0 Å². The summed E-state index contributed by atoms with van der Waals surface area (Å²) < 4.78 is 2.05. The maximum atomic E-state index is 4.65. The van der Waals surface area contributed by atoms with Crippen LogP contribution in [0.5, 0.6) is 0 Å². The van der Waals surface area contributed by atoms with Gasteiger partial charge in [0, 0.05) is 44.8 Å². The van der Waals surface area contributed by atoms with Gasteiger partial charge in [-0.3, -0.25) is 9.88 Å². The van der Waals surface area contributed by atoms with Crippen LogP contribution >= 0.6 is 0 Å². The molecule has 4 nitrogen and oxygen atoms in total. The molecule has 0 bridgehead atoms. The molecule has 2 aromatic rings. The van der Waals surface area contributed by atoms with Crippen LogP contribution in [0.4, 0.5) is 0 Å². The first-order valence-corrected chi connectivity index (χ1v) is 9.28. The van der Waals surface area contributed by atoms with Crippen LogP contribution in [0.25, 0.3) is 0 Å². The zero-order valence-electron chi connectivity index (χ0n) is 14.9. The van der Waals surface area contributed by atoms with Gasteiger partial charge in [-0.1, -0.05) is 12.5 Å². The summed E-state index contributed by atoms with van der Waals surface area (Å²) in [6, 6.07) is 4.42. The van der Waals surface area contributed by atoms with Crippen molar-refractivity contribution in [1.29, 1.82) is 0 Å². The highest BCUT2D eigenvalue weighted by molar-refractivity contribution is 5.13. The van der Waals surface area contributed by atoms with Crippen molar-refractivity contribution in [3.63, 3.8) is 0 Å². The summed E-state index contributed by atoms with van der Waals surface area (Å²) in [7, 11) is 2.05. The highest BCUT2D eigenvalue weighted by Crippen LogP contribution is 2.41. The molecule has 2 fully saturated rings. The number of pyridine rings is 1. The second kappa shape index (κ2) is 6.67. The van der Waals surface area contributed by atoms with Crippen molar-refractivity contribution < 1.29 is 0 Å². The Bertz CT molecular complexity index is 675. The van der Waals surface area contributed by atoms with Gasteiger partial charge < -0.3 is 4.57 Å². The molecule has 24 heavy (non-hydrogen) atoms. The maximum absolute atomic E-state index is 4.65. The topological polar surface area (TPSA) is 34.0 Å². The lowest BCUT2D eigenvalue weighted by Gasteiger charge is -2.33. The fourth-order valence-corrected chi connectivity index (χ4v) is 4.73. The highest BCUT2D eigenvalue weighted by Gasteiger charge is 2.40. The first-order chi connectivity index (χ1) is 11.7. The molecule has 3 atom stereocenters. The molecule has 0 unspecified atom stereocenters. The monoisotopic (exact) mass is 324 g/mol. The fourth-order valence-electron chi connectivity index (χ4n) is 4.73. The summed E-state index contributed by atoms with van der Waals surface area (Å²) in [5, 5.41) is 0. The average Bonchev–Trinajstić information content (AvgIpc) is 3.16. The third-order valence-electron chi connectivity index (χ3n) is 5.91. The van der Waals surface area contributed by atoms with Crippen molar-refractivity contribution in [3.05, 3.63) is 47.8 Å². The Morgan fingerprint density at radius 1 is 1.12 bits per heavy atom. The van der Waals surface area contributed by atoms with Crippen LogP contribution in [0.2, 0.25) is 0 Å². The molecule has 2 aromatic heterocycles. The predicted molar refractivity (Wildman–Crippen MR) is 95.5 cm³/mol. The molecule has 1 aliphatic heterocycles. The second-order valence-electron chi connectivity index (χ2n) is 7.87. The van der Waals surface area contributed by atoms with Crippen molar-refractivity contribution in [1.82, 2.24) is 19.4 Å². The maximum Gasteiger partial charge on any atom is 0.0947 e. The van der Waals surface area contributed by atoms with Gasteiger partial charge in [-0.25, -0.2) is 4.98 Å². The van der Waals surface area contributed by atoms with Crippen LogP contribution < -0.4 is 0 Å². The van der Waals surface area contributed by atoms with Crippen molar-refractivity contribution in [2.75, 3.05) is 13.1 Å². The van der Waals surface area contributed by atoms with Crippen LogP contribution in [-0.4, -0.2) is 32.5 Å². The van der Waals surface area contributed by atoms with E-state index in [0.29, 0.717) is 0 Å². The van der Waals surface area contributed by atoms with E-state index in [1.807, 2.05) is 24.1 Å². The summed E-state index contributed by atoms with van der Waals surface area (Å²) in [6.07, 6.45) is 11.4. The average molecular weight is 324 g/mol. The zero-order chi connectivity index (χ0) is 16.5. The predicted octanol–water partition coefficient (Wildman–Crippen LogP) is 3.21. The first-order valence-electron chi connectivity index (χ1n) is 9.28. The van der Waals surface area contributed by atoms with Gasteiger partial charge in [-0.15, -0.1) is 0 Å². The molecule has 2 aliphatic rings. The molecule has 0 spiro atoms. The minimum Gasteiger partial charge on any atom is -0.340 e. The van der Waals surface area contributed by atoms with Crippen LogP contribution in [0.3, 0.4) is 0 Å². The van der Waals surface area contributed by atoms with Gasteiger partial charge in [0.15, 0.2) is 0 Å². The number of aryl methyl sites for hydroxylation is 2. The van der Waals surface area contributed by atoms with E-state index in [4.69, 9.17) is 0 Å². The largest absolute Gasteiger partial charge is 0.340 e. The molecular weight excluding hydrogens is 296 g/mol. The third kappa shape index (κ3) is 3.39. The van der Waals surface area contributed by atoms with Crippen LogP contribution in [-0.2, 0) is 20.0 Å². The molecule has 3 heterocycles. The quantitative estimate of drug-likeness (QED) is 0.866. The fraction of sp³-hybridized carbons (Fsp3) is 0.600. The molecule has 128 valence electrons. The SMILES string of the molecule is Cc1ccc(C[C@H]2CCC[C@@H]3CN(Cc4cn(C)cn4)C[C@H]23)nc1. The number of hydrogen-bond acceptors (Lipinski definition) is 3. The van der Waals surface area contributed by atoms with Gasteiger partial charge in [-0.05, 0) is 55.6 Å². The number of likely N-dealkylation sites (tertiary alicyclic amines) is 1. The normalized spacial score (nSPS) is 27.3. The molecule has 0 radical (unpaired) electrons. The molecule has 0 N–H and O–H groups in total. The van der Waals surface area contributed by atoms with E-state index < -0.39 is 0 Å². The molecule has 4 heteroatoms. The molecule has 0 aromatic carbocycles. The molecule has 1 saturated heterocycles. The van der Waals surface area contributed by atoms with Gasteiger partial charge in [0.25, 0.3) is 0 Å². The van der Waals surface area contributed by atoms with Crippen molar-refractivity contribution >= 4 is 0 Å². The van der Waals surface area contributed by atoms with Crippen LogP contribution in [0.1, 0.15) is 36.2 Å². The van der Waals surface area contributed by atoms with E-state index in [0.717, 1.165) is 30.7 Å². The molecule has 1 saturated carbocycles. The summed E-state index contributed by atoms with van der Waals surface area (Å²) >= 11 is 0. The Morgan fingerprint density at radius 3 is 2.79 bits per heavy atom. The lowest BCUT2D eigenvalue weighted by atomic mass is 9.72. The molecule has 1 aliphatic carbocycles. The Hall–Kier alpha value is -1.68. The third-order valence-corrected chi connectivity index (χ3v) is 5.91. The minimum atomic E-state index is 0.799. The van der Waals surface area contributed by atoms with E-state index >= 15 is 0 Å². The Balaban J connectivity index is 1.41. The number of fused-ring (bicyclic) bond motifs is 1. The Labute approximate surface area is 144 Å². The van der Waals surface area contributed by atoms with Crippen LogP contribution in [0.15, 0.2) is 30.9 Å². The van der Waals surface area contributed by atoms with Crippen molar-refractivity contribution in [2.45, 2.75) is 39.2 Å². The van der Waals surface area contributed by atoms with Crippen molar-refractivity contribution in [3.8, 4) is 0 Å². The highest BCUT2D eigenvalue weighted by atomic mass is 15.2. The minimum absolute atomic E-state index is 0.799. The summed E-state index contributed by atoms with van der Waals surface area (Å²) in [5.41, 5.74) is 3.73. The van der Waals surface area contributed by atoms with Crippen molar-refractivity contribution in [2.24, 2.45) is 24.8 Å². The first kappa shape index (κ1) is 15.8. The van der Waals surface area contributed by atoms with E-state index in [9.17, 15) is 0 Å². The van der Waals surface area contributed by atoms with E-state index in [1.54, 1.807) is 0 Å². The summed E-state index contributed by atoms with van der Waals surface area (Å²) in [6.45, 7) is 5.60. The smallest absolute Gasteiger partial charge is 0.0947 e. The summed E-state index contributed by atoms with van der Waals surface area (Å²) in [5.74, 6) is 2.51. The zero-order valence-corrected chi connectivity index (χ0v) is 14.9. The molecule has 4 rings (SSSR count). The Kier molecular flexibility index (Phi) is 4.40. The number of nitrogens with zero attached hydrogens (tertiary/aromatic N) is 4. The number of rotatable bonds is 4. The lowest BCUT2D eigenvalue weighted by molar-refractivity contribution is 0.195. The molecular formula is C20H28N4. The molecule has 0 amide bonds.